The lowest BCUT2D eigenvalue weighted by molar-refractivity contribution is -0.141. The van der Waals surface area contributed by atoms with Crippen LogP contribution in [-0.4, -0.2) is 204 Å². The topological polar surface area (TPSA) is 283 Å². The van der Waals surface area contributed by atoms with Gasteiger partial charge in [-0.05, 0) is 35.7 Å². The minimum atomic E-state index is -1.10. The number of hydrogen-bond donors (Lipinski definition) is 8. The van der Waals surface area contributed by atoms with Gasteiger partial charge in [-0.1, -0.05) is 80.5 Å². The zero-order valence-corrected chi connectivity index (χ0v) is 38.1. The summed E-state index contributed by atoms with van der Waals surface area (Å²) in [4.78, 5) is 12.5. The normalized spacial score (nSPS) is 15.1. The van der Waals surface area contributed by atoms with Gasteiger partial charge in [-0.25, -0.2) is 4.79 Å². The van der Waals surface area contributed by atoms with Crippen molar-refractivity contribution in [3.05, 3.63) is 59.9 Å². The third-order valence-electron chi connectivity index (χ3n) is 10.1. The number of carbonyl (C=O) groups excluding carboxylic acids is 1. The summed E-state index contributed by atoms with van der Waals surface area (Å²) in [5.74, 6) is -0.283. The van der Waals surface area contributed by atoms with Gasteiger partial charge in [0.15, 0.2) is 0 Å². The number of aliphatic hydroxyl groups is 8. The second-order valence-electron chi connectivity index (χ2n) is 16.2. The lowest BCUT2D eigenvalue weighted by Gasteiger charge is -2.25. The van der Waals surface area contributed by atoms with Gasteiger partial charge in [-0.3, -0.25) is 4.68 Å². The molecule has 4 unspecified atom stereocenters. The Morgan fingerprint density at radius 3 is 1.48 bits per heavy atom. The van der Waals surface area contributed by atoms with E-state index in [1.165, 1.54) is 0 Å². The summed E-state index contributed by atoms with van der Waals surface area (Å²) < 4.78 is 47.6. The molecular weight excluding hydrogens is 867 g/mol. The number of rotatable bonds is 42. The molecule has 0 radical (unpaired) electrons. The summed E-state index contributed by atoms with van der Waals surface area (Å²) in [5, 5.41) is 86.2. The van der Waals surface area contributed by atoms with Gasteiger partial charge in [0.1, 0.15) is 48.4 Å². The summed E-state index contributed by atoms with van der Waals surface area (Å²) in [6.07, 6.45) is 4.74. The molecule has 0 aliphatic heterocycles. The fraction of sp³-hybridized carbons (Fsp3) is 0.717. The van der Waals surface area contributed by atoms with Gasteiger partial charge in [-0.2, -0.15) is 0 Å². The van der Waals surface area contributed by atoms with Crippen molar-refractivity contribution in [3.63, 3.8) is 0 Å². The highest BCUT2D eigenvalue weighted by atomic mass is 16.6. The van der Waals surface area contributed by atoms with Crippen molar-refractivity contribution in [1.82, 2.24) is 15.0 Å². The molecule has 4 atom stereocenters. The Hall–Kier alpha value is -3.29. The summed E-state index contributed by atoms with van der Waals surface area (Å²) in [6.45, 7) is -1.76. The zero-order chi connectivity index (χ0) is 47.6. The van der Waals surface area contributed by atoms with E-state index in [0.29, 0.717) is 24.4 Å². The molecule has 20 nitrogen and oxygen atoms in total. The third kappa shape index (κ3) is 25.7. The van der Waals surface area contributed by atoms with Crippen molar-refractivity contribution in [2.75, 3.05) is 99.1 Å². The number of ether oxygens (including phenoxy) is 8. The number of aromatic nitrogens is 3. The molecule has 20 heteroatoms. The first-order valence-corrected chi connectivity index (χ1v) is 23.0. The van der Waals surface area contributed by atoms with Crippen molar-refractivity contribution < 1.29 is 83.5 Å². The van der Waals surface area contributed by atoms with E-state index in [1.807, 2.05) is 48.7 Å². The van der Waals surface area contributed by atoms with E-state index in [4.69, 9.17) is 58.3 Å². The van der Waals surface area contributed by atoms with Crippen LogP contribution in [0.4, 0.5) is 0 Å². The predicted octanol–water partition coefficient (Wildman–Crippen LogP) is 0.934. The highest BCUT2D eigenvalue weighted by molar-refractivity contribution is 5.95. The fourth-order valence-corrected chi connectivity index (χ4v) is 6.37. The molecule has 3 rings (SSSR count). The SMILES string of the molecule is O=C(OCCCCCCCCCCCn1cc(COC(COC(COCC(O)CO)COCC(O)CO)COC(COCC(O)CO)COCC(O)CO)nn1)c1ccc2ccccc2c1. The van der Waals surface area contributed by atoms with Gasteiger partial charge in [0.05, 0.1) is 117 Å². The van der Waals surface area contributed by atoms with Crippen LogP contribution in [-0.2, 0) is 51.0 Å². The first-order valence-electron chi connectivity index (χ1n) is 23.0. The summed E-state index contributed by atoms with van der Waals surface area (Å²) in [6, 6.07) is 13.6. The lowest BCUT2D eigenvalue weighted by Crippen LogP contribution is -2.37. The molecule has 0 amide bonds. The Labute approximate surface area is 387 Å². The van der Waals surface area contributed by atoms with E-state index in [9.17, 15) is 25.2 Å². The molecule has 0 saturated carbocycles. The number of benzene rings is 2. The van der Waals surface area contributed by atoms with Crippen molar-refractivity contribution in [1.29, 1.82) is 0 Å². The summed E-state index contributed by atoms with van der Waals surface area (Å²) in [7, 11) is 0. The van der Waals surface area contributed by atoms with Gasteiger partial charge >= 0.3 is 5.97 Å². The molecule has 376 valence electrons. The number of nitrogens with zero attached hydrogens (tertiary/aromatic N) is 3. The average molecular weight is 942 g/mol. The number of aryl methyl sites for hydroxylation is 1. The first-order chi connectivity index (χ1) is 32.1. The van der Waals surface area contributed by atoms with Crippen molar-refractivity contribution in [2.24, 2.45) is 0 Å². The first kappa shape index (κ1) is 57.0. The Morgan fingerprint density at radius 2 is 0.985 bits per heavy atom. The number of esters is 1. The largest absolute Gasteiger partial charge is 0.462 e. The van der Waals surface area contributed by atoms with E-state index >= 15 is 0 Å². The van der Waals surface area contributed by atoms with E-state index < -0.39 is 69.2 Å². The van der Waals surface area contributed by atoms with E-state index in [0.717, 1.165) is 68.6 Å². The van der Waals surface area contributed by atoms with Crippen molar-refractivity contribution in [3.8, 4) is 0 Å². The van der Waals surface area contributed by atoms with Crippen LogP contribution in [0.5, 0.6) is 0 Å². The van der Waals surface area contributed by atoms with Crippen molar-refractivity contribution >= 4 is 16.7 Å². The maximum Gasteiger partial charge on any atom is 0.338 e. The second-order valence-corrected chi connectivity index (χ2v) is 16.2. The maximum absolute atomic E-state index is 12.5. The minimum absolute atomic E-state index is 0.0486. The third-order valence-corrected chi connectivity index (χ3v) is 10.1. The Balaban J connectivity index is 1.42. The predicted molar refractivity (Wildman–Crippen MR) is 240 cm³/mol. The van der Waals surface area contributed by atoms with E-state index in [-0.39, 0.29) is 78.6 Å². The number of hydrogen-bond acceptors (Lipinski definition) is 19. The van der Waals surface area contributed by atoms with Gasteiger partial charge in [-0.15, -0.1) is 5.10 Å². The molecule has 0 fully saturated rings. The molecule has 0 spiro atoms. The minimum Gasteiger partial charge on any atom is -0.462 e. The molecule has 1 aromatic heterocycles. The number of fused-ring (bicyclic) bond motifs is 1. The van der Waals surface area contributed by atoms with Crippen molar-refractivity contribution in [2.45, 2.75) is 114 Å². The molecule has 0 bridgehead atoms. The average Bonchev–Trinajstić information content (AvgIpc) is 3.80. The Bertz CT molecular complexity index is 1580. The van der Waals surface area contributed by atoms with Crippen LogP contribution in [0.2, 0.25) is 0 Å². The van der Waals surface area contributed by atoms with E-state index in [2.05, 4.69) is 10.3 Å². The van der Waals surface area contributed by atoms with Gasteiger partial charge < -0.3 is 78.7 Å². The summed E-state index contributed by atoms with van der Waals surface area (Å²) >= 11 is 0. The van der Waals surface area contributed by atoms with Crippen LogP contribution >= 0.6 is 0 Å². The number of aliphatic hydroxyl groups excluding tert-OH is 8. The summed E-state index contributed by atoms with van der Waals surface area (Å²) in [5.41, 5.74) is 1.15. The van der Waals surface area contributed by atoms with Crippen LogP contribution in [0.3, 0.4) is 0 Å². The highest BCUT2D eigenvalue weighted by Crippen LogP contribution is 2.17. The molecule has 2 aromatic carbocycles. The van der Waals surface area contributed by atoms with Crippen LogP contribution in [0.15, 0.2) is 48.7 Å². The molecule has 8 N–H and O–H groups in total. The second kappa shape index (κ2) is 35.8. The zero-order valence-electron chi connectivity index (χ0n) is 38.1. The smallest absolute Gasteiger partial charge is 0.338 e. The quantitative estimate of drug-likeness (QED) is 0.0290. The molecule has 0 aliphatic carbocycles. The lowest BCUT2D eigenvalue weighted by atomic mass is 10.1. The molecule has 3 aromatic rings. The number of unbranched alkanes of at least 4 members (excludes halogenated alkanes) is 8. The standard InChI is InChI=1S/C46H75N3O17/c50-20-39(54)25-59-29-43(30-60-26-40(55)21-51)65-33-45(34-66-44(31-61-27-41(56)22-52)32-62-28-42(57)23-53)64-24-38-19-49(48-47-38)16-10-6-4-2-1-3-5-7-11-17-63-46(58)37-15-14-35-12-8-9-13-36(35)18-37/h8-9,12-15,18-19,39-45,50-57H,1-7,10-11,16-17,20-34H2. The Kier molecular flexibility index (Phi) is 30.9. The van der Waals surface area contributed by atoms with Crippen LogP contribution in [0, 0.1) is 0 Å². The highest BCUT2D eigenvalue weighted by Gasteiger charge is 2.21. The molecule has 0 aliphatic rings. The number of carbonyl (C=O) groups is 1. The Morgan fingerprint density at radius 1 is 0.530 bits per heavy atom. The van der Waals surface area contributed by atoms with Crippen LogP contribution < -0.4 is 0 Å². The van der Waals surface area contributed by atoms with Gasteiger partial charge in [0.25, 0.3) is 0 Å². The molecule has 0 saturated heterocycles. The molecule has 1 heterocycles. The van der Waals surface area contributed by atoms with E-state index in [1.54, 1.807) is 4.68 Å². The molecule has 66 heavy (non-hydrogen) atoms. The van der Waals surface area contributed by atoms with Crippen LogP contribution in [0.1, 0.15) is 73.8 Å². The monoisotopic (exact) mass is 942 g/mol. The van der Waals surface area contributed by atoms with Crippen LogP contribution in [0.25, 0.3) is 10.8 Å². The van der Waals surface area contributed by atoms with Gasteiger partial charge in [0.2, 0.25) is 0 Å². The van der Waals surface area contributed by atoms with Gasteiger partial charge in [0, 0.05) is 6.54 Å². The maximum atomic E-state index is 12.5. The fourth-order valence-electron chi connectivity index (χ4n) is 6.37. The molecular formula is C46H75N3O17.